The Labute approximate surface area is 183 Å². The summed E-state index contributed by atoms with van der Waals surface area (Å²) in [6.07, 6.45) is 2.14. The molecule has 0 saturated carbocycles. The van der Waals surface area contributed by atoms with Crippen molar-refractivity contribution in [2.75, 3.05) is 4.72 Å². The number of aryl methyl sites for hydroxylation is 5. The number of aromatic carboxylic acids is 1. The number of para-hydroxylation sites is 1. The molecule has 0 saturated heterocycles. The Balaban J connectivity index is 1.76. The normalized spacial score (nSPS) is 11.3. The molecule has 31 heavy (non-hydrogen) atoms. The van der Waals surface area contributed by atoms with Gasteiger partial charge in [-0.05, 0) is 80.5 Å². The minimum Gasteiger partial charge on any atom is -0.478 e. The number of carbonyl (C=O) groups is 1. The number of carboxylic acids is 1. The van der Waals surface area contributed by atoms with E-state index < -0.39 is 16.0 Å². The SMILES string of the molecule is Cc1cc(C)c(S(=O)(=O)Nc2ccccc2CCCc2cccc(C(=O)O)c2)c(C)c1. The summed E-state index contributed by atoms with van der Waals surface area (Å²) in [6, 6.07) is 18.0. The molecule has 162 valence electrons. The number of anilines is 1. The van der Waals surface area contributed by atoms with E-state index in [9.17, 15) is 13.2 Å². The van der Waals surface area contributed by atoms with Crippen molar-refractivity contribution in [1.82, 2.24) is 0 Å². The maximum Gasteiger partial charge on any atom is 0.335 e. The number of nitrogens with one attached hydrogen (secondary N) is 1. The van der Waals surface area contributed by atoms with Crippen molar-refractivity contribution < 1.29 is 18.3 Å². The van der Waals surface area contributed by atoms with E-state index in [4.69, 9.17) is 5.11 Å². The highest BCUT2D eigenvalue weighted by Crippen LogP contribution is 2.26. The molecule has 0 aromatic heterocycles. The van der Waals surface area contributed by atoms with E-state index in [1.54, 1.807) is 24.3 Å². The molecule has 0 aliphatic carbocycles. The van der Waals surface area contributed by atoms with Gasteiger partial charge in [-0.25, -0.2) is 13.2 Å². The van der Waals surface area contributed by atoms with Gasteiger partial charge in [-0.2, -0.15) is 0 Å². The van der Waals surface area contributed by atoms with Crippen LogP contribution in [0.5, 0.6) is 0 Å². The fourth-order valence-corrected chi connectivity index (χ4v) is 5.52. The molecule has 0 heterocycles. The van der Waals surface area contributed by atoms with Gasteiger partial charge in [0.25, 0.3) is 10.0 Å². The predicted molar refractivity (Wildman–Crippen MR) is 123 cm³/mol. The molecule has 2 N–H and O–H groups in total. The Kier molecular flexibility index (Phi) is 6.81. The lowest BCUT2D eigenvalue weighted by atomic mass is 10.0. The summed E-state index contributed by atoms with van der Waals surface area (Å²) < 4.78 is 29.0. The molecule has 0 fully saturated rings. The van der Waals surface area contributed by atoms with Gasteiger partial charge >= 0.3 is 5.97 Å². The van der Waals surface area contributed by atoms with Crippen LogP contribution in [0.25, 0.3) is 0 Å². The first-order valence-electron chi connectivity index (χ1n) is 10.2. The van der Waals surface area contributed by atoms with Gasteiger partial charge in [-0.15, -0.1) is 0 Å². The van der Waals surface area contributed by atoms with E-state index in [2.05, 4.69) is 4.72 Å². The summed E-state index contributed by atoms with van der Waals surface area (Å²) in [7, 11) is -3.72. The van der Waals surface area contributed by atoms with Crippen molar-refractivity contribution in [3.05, 3.63) is 94.0 Å². The van der Waals surface area contributed by atoms with Gasteiger partial charge in [-0.1, -0.05) is 48.0 Å². The summed E-state index contributed by atoms with van der Waals surface area (Å²) in [5.41, 5.74) is 5.17. The van der Waals surface area contributed by atoms with Crippen molar-refractivity contribution in [3.8, 4) is 0 Å². The van der Waals surface area contributed by atoms with E-state index in [-0.39, 0.29) is 5.56 Å². The van der Waals surface area contributed by atoms with E-state index in [0.717, 1.165) is 34.2 Å². The summed E-state index contributed by atoms with van der Waals surface area (Å²) in [6.45, 7) is 5.57. The molecule has 3 rings (SSSR count). The smallest absolute Gasteiger partial charge is 0.335 e. The number of hydrogen-bond donors (Lipinski definition) is 2. The van der Waals surface area contributed by atoms with Gasteiger partial charge < -0.3 is 5.11 Å². The minimum absolute atomic E-state index is 0.273. The Hall–Kier alpha value is -3.12. The molecule has 0 aliphatic rings. The molecule has 0 spiro atoms. The van der Waals surface area contributed by atoms with Gasteiger partial charge in [0.05, 0.1) is 16.1 Å². The summed E-state index contributed by atoms with van der Waals surface area (Å²) in [5.74, 6) is -0.941. The Morgan fingerprint density at radius 2 is 1.58 bits per heavy atom. The number of sulfonamides is 1. The molecule has 5 nitrogen and oxygen atoms in total. The van der Waals surface area contributed by atoms with Gasteiger partial charge in [0, 0.05) is 0 Å². The lowest BCUT2D eigenvalue weighted by Gasteiger charge is -2.16. The van der Waals surface area contributed by atoms with Crippen LogP contribution in [0, 0.1) is 20.8 Å². The quantitative estimate of drug-likeness (QED) is 0.502. The highest BCUT2D eigenvalue weighted by molar-refractivity contribution is 7.92. The van der Waals surface area contributed by atoms with Gasteiger partial charge in [0.2, 0.25) is 0 Å². The van der Waals surface area contributed by atoms with Crippen molar-refractivity contribution in [2.24, 2.45) is 0 Å². The Morgan fingerprint density at radius 1 is 0.903 bits per heavy atom. The number of hydrogen-bond acceptors (Lipinski definition) is 3. The van der Waals surface area contributed by atoms with Gasteiger partial charge in [0.1, 0.15) is 0 Å². The van der Waals surface area contributed by atoms with Crippen LogP contribution in [0.2, 0.25) is 0 Å². The minimum atomic E-state index is -3.72. The third kappa shape index (κ3) is 5.52. The monoisotopic (exact) mass is 437 g/mol. The molecule has 0 radical (unpaired) electrons. The molecule has 3 aromatic carbocycles. The zero-order valence-electron chi connectivity index (χ0n) is 18.0. The van der Waals surface area contributed by atoms with Crippen LogP contribution in [0.1, 0.15) is 44.6 Å². The second-order valence-corrected chi connectivity index (χ2v) is 9.47. The zero-order valence-corrected chi connectivity index (χ0v) is 18.8. The van der Waals surface area contributed by atoms with E-state index >= 15 is 0 Å². The van der Waals surface area contributed by atoms with Crippen LogP contribution < -0.4 is 4.72 Å². The van der Waals surface area contributed by atoms with Crippen molar-refractivity contribution in [1.29, 1.82) is 0 Å². The lowest BCUT2D eigenvalue weighted by molar-refractivity contribution is 0.0696. The topological polar surface area (TPSA) is 83.5 Å². The molecule has 0 aliphatic heterocycles. The van der Waals surface area contributed by atoms with E-state index in [1.807, 2.05) is 57.2 Å². The molecule has 0 amide bonds. The summed E-state index contributed by atoms with van der Waals surface area (Å²) in [5, 5.41) is 9.14. The molecule has 6 heteroatoms. The highest BCUT2D eigenvalue weighted by atomic mass is 32.2. The third-order valence-electron chi connectivity index (χ3n) is 5.22. The fourth-order valence-electron chi connectivity index (χ4n) is 3.97. The Morgan fingerprint density at radius 3 is 2.26 bits per heavy atom. The molecule has 0 unspecified atom stereocenters. The van der Waals surface area contributed by atoms with Crippen LogP contribution in [0.15, 0.2) is 65.6 Å². The number of rotatable bonds is 8. The number of benzene rings is 3. The first kappa shape index (κ1) is 22.6. The maximum atomic E-state index is 13.1. The van der Waals surface area contributed by atoms with E-state index in [1.165, 1.54) is 0 Å². The van der Waals surface area contributed by atoms with Crippen molar-refractivity contribution >= 4 is 21.7 Å². The maximum absolute atomic E-state index is 13.1. The third-order valence-corrected chi connectivity index (χ3v) is 6.89. The summed E-state index contributed by atoms with van der Waals surface area (Å²) >= 11 is 0. The Bertz CT molecular complexity index is 1190. The van der Waals surface area contributed by atoms with Crippen LogP contribution in [-0.4, -0.2) is 19.5 Å². The van der Waals surface area contributed by atoms with Crippen LogP contribution >= 0.6 is 0 Å². The van der Waals surface area contributed by atoms with Crippen LogP contribution in [-0.2, 0) is 22.9 Å². The lowest BCUT2D eigenvalue weighted by Crippen LogP contribution is -2.17. The first-order valence-corrected chi connectivity index (χ1v) is 11.7. The van der Waals surface area contributed by atoms with Gasteiger partial charge in [-0.3, -0.25) is 4.72 Å². The highest BCUT2D eigenvalue weighted by Gasteiger charge is 2.21. The second kappa shape index (κ2) is 9.35. The van der Waals surface area contributed by atoms with Crippen LogP contribution in [0.3, 0.4) is 0 Å². The van der Waals surface area contributed by atoms with Gasteiger partial charge in [0.15, 0.2) is 0 Å². The fraction of sp³-hybridized carbons (Fsp3) is 0.240. The molecule has 0 atom stereocenters. The predicted octanol–water partition coefficient (Wildman–Crippen LogP) is 5.29. The molecule has 3 aromatic rings. The average molecular weight is 438 g/mol. The molecular weight excluding hydrogens is 410 g/mol. The second-order valence-electron chi connectivity index (χ2n) is 7.85. The summed E-state index contributed by atoms with van der Waals surface area (Å²) in [4.78, 5) is 11.5. The zero-order chi connectivity index (χ0) is 22.6. The van der Waals surface area contributed by atoms with Crippen molar-refractivity contribution in [3.63, 3.8) is 0 Å². The van der Waals surface area contributed by atoms with E-state index in [0.29, 0.717) is 23.4 Å². The standard InChI is InChI=1S/C25H27NO4S/c1-17-14-18(2)24(19(3)15-17)31(29,30)26-23-13-5-4-10-21(23)11-6-8-20-9-7-12-22(16-20)25(27)28/h4-5,7,9-10,12-16,26H,6,8,11H2,1-3H3,(H,27,28). The average Bonchev–Trinajstić information content (AvgIpc) is 2.68. The van der Waals surface area contributed by atoms with Crippen molar-refractivity contribution in [2.45, 2.75) is 44.9 Å². The molecular formula is C25H27NO4S. The number of carboxylic acid groups (broad SMARTS) is 1. The largest absolute Gasteiger partial charge is 0.478 e. The van der Waals surface area contributed by atoms with Crippen LogP contribution in [0.4, 0.5) is 5.69 Å². The molecule has 0 bridgehead atoms. The first-order chi connectivity index (χ1) is 14.7.